The van der Waals surface area contributed by atoms with Crippen molar-refractivity contribution in [2.24, 2.45) is 0 Å². The number of aliphatic hydroxyl groups excluding tert-OH is 1. The molecule has 0 spiro atoms. The number of aliphatic hydroxyl groups is 1. The lowest BCUT2D eigenvalue weighted by molar-refractivity contribution is 0.279. The highest BCUT2D eigenvalue weighted by Crippen LogP contribution is 2.20. The van der Waals surface area contributed by atoms with Gasteiger partial charge in [0.1, 0.15) is 5.76 Å². The van der Waals surface area contributed by atoms with Crippen molar-refractivity contribution in [3.8, 4) is 0 Å². The van der Waals surface area contributed by atoms with Gasteiger partial charge in [-0.25, -0.2) is 0 Å². The molecule has 0 amide bonds. The summed E-state index contributed by atoms with van der Waals surface area (Å²) in [6.45, 7) is 5.40. The van der Waals surface area contributed by atoms with E-state index < -0.39 is 0 Å². The van der Waals surface area contributed by atoms with Crippen molar-refractivity contribution in [1.82, 2.24) is 0 Å². The van der Waals surface area contributed by atoms with Crippen LogP contribution in [0.25, 0.3) is 5.76 Å². The third-order valence-electron chi connectivity index (χ3n) is 1.71. The van der Waals surface area contributed by atoms with Crippen LogP contribution in [0.4, 0.5) is 0 Å². The summed E-state index contributed by atoms with van der Waals surface area (Å²) >= 11 is 0. The summed E-state index contributed by atoms with van der Waals surface area (Å²) in [5, 5.41) is 8.86. The second-order valence-electron chi connectivity index (χ2n) is 2.48. The van der Waals surface area contributed by atoms with Crippen LogP contribution in [-0.2, 0) is 11.3 Å². The zero-order valence-corrected chi connectivity index (χ0v) is 7.26. The van der Waals surface area contributed by atoms with Crippen molar-refractivity contribution in [2.45, 2.75) is 13.5 Å². The Morgan fingerprint density at radius 1 is 1.75 bits per heavy atom. The van der Waals surface area contributed by atoms with Crippen LogP contribution in [0, 0.1) is 6.92 Å². The van der Waals surface area contributed by atoms with Gasteiger partial charge >= 0.3 is 0 Å². The molecule has 66 valence electrons. The van der Waals surface area contributed by atoms with Gasteiger partial charge < -0.3 is 14.3 Å². The molecule has 0 unspecified atom stereocenters. The average Bonchev–Trinajstić information content (AvgIpc) is 2.45. The van der Waals surface area contributed by atoms with Gasteiger partial charge in [0.25, 0.3) is 0 Å². The summed E-state index contributed by atoms with van der Waals surface area (Å²) in [6.07, 6.45) is 0. The molecule has 0 bridgehead atoms. The molecule has 0 saturated carbocycles. The van der Waals surface area contributed by atoms with E-state index in [-0.39, 0.29) is 6.61 Å². The first kappa shape index (κ1) is 8.87. The largest absolute Gasteiger partial charge is 0.493 e. The van der Waals surface area contributed by atoms with Crippen LogP contribution in [0.15, 0.2) is 17.1 Å². The SMILES string of the molecule is C=C(OC)c1cc(CO)c(C)o1. The Morgan fingerprint density at radius 3 is 2.83 bits per heavy atom. The lowest BCUT2D eigenvalue weighted by atomic mass is 10.2. The zero-order chi connectivity index (χ0) is 9.14. The van der Waals surface area contributed by atoms with Crippen LogP contribution in [-0.4, -0.2) is 12.2 Å². The van der Waals surface area contributed by atoms with E-state index in [1.807, 2.05) is 0 Å². The van der Waals surface area contributed by atoms with Gasteiger partial charge in [0.2, 0.25) is 0 Å². The fourth-order valence-electron chi connectivity index (χ4n) is 0.915. The van der Waals surface area contributed by atoms with Gasteiger partial charge in [-0.15, -0.1) is 0 Å². The minimum absolute atomic E-state index is 0.0215. The van der Waals surface area contributed by atoms with Crippen molar-refractivity contribution in [1.29, 1.82) is 0 Å². The molecule has 0 fully saturated rings. The predicted octanol–water partition coefficient (Wildman–Crippen LogP) is 1.70. The summed E-state index contributed by atoms with van der Waals surface area (Å²) in [6, 6.07) is 1.72. The molecule has 0 aliphatic heterocycles. The van der Waals surface area contributed by atoms with Crippen molar-refractivity contribution in [3.05, 3.63) is 29.7 Å². The lowest BCUT2D eigenvalue weighted by Crippen LogP contribution is -1.81. The molecule has 1 aromatic heterocycles. The fourth-order valence-corrected chi connectivity index (χ4v) is 0.915. The van der Waals surface area contributed by atoms with Gasteiger partial charge in [0.05, 0.1) is 13.7 Å². The molecule has 1 rings (SSSR count). The second-order valence-corrected chi connectivity index (χ2v) is 2.48. The summed E-state index contributed by atoms with van der Waals surface area (Å²) in [5.74, 6) is 1.74. The van der Waals surface area contributed by atoms with E-state index in [1.165, 1.54) is 7.11 Å². The lowest BCUT2D eigenvalue weighted by Gasteiger charge is -1.97. The first-order chi connectivity index (χ1) is 5.69. The van der Waals surface area contributed by atoms with Crippen LogP contribution >= 0.6 is 0 Å². The van der Waals surface area contributed by atoms with Crippen LogP contribution in [0.1, 0.15) is 17.1 Å². The molecule has 1 heterocycles. The molecular weight excluding hydrogens is 156 g/mol. The van der Waals surface area contributed by atoms with E-state index in [1.54, 1.807) is 13.0 Å². The standard InChI is InChI=1S/C9H12O3/c1-6-8(5-10)4-9(12-6)7(2)11-3/h4,10H,2,5H2,1,3H3. The molecule has 12 heavy (non-hydrogen) atoms. The number of furan rings is 1. The van der Waals surface area contributed by atoms with Gasteiger partial charge in [0.15, 0.2) is 11.5 Å². The minimum atomic E-state index is -0.0215. The van der Waals surface area contributed by atoms with E-state index >= 15 is 0 Å². The van der Waals surface area contributed by atoms with Gasteiger partial charge in [-0.2, -0.15) is 0 Å². The van der Waals surface area contributed by atoms with Crippen LogP contribution in [0.5, 0.6) is 0 Å². The molecule has 1 aromatic rings. The number of hydrogen-bond donors (Lipinski definition) is 1. The van der Waals surface area contributed by atoms with E-state index in [2.05, 4.69) is 6.58 Å². The summed E-state index contributed by atoms with van der Waals surface area (Å²) < 4.78 is 10.2. The Bertz CT molecular complexity index is 286. The third-order valence-corrected chi connectivity index (χ3v) is 1.71. The smallest absolute Gasteiger partial charge is 0.168 e. The highest BCUT2D eigenvalue weighted by atomic mass is 16.5. The molecule has 3 nitrogen and oxygen atoms in total. The molecule has 3 heteroatoms. The topological polar surface area (TPSA) is 42.6 Å². The molecule has 0 radical (unpaired) electrons. The molecule has 0 aliphatic carbocycles. The number of ether oxygens (including phenoxy) is 1. The number of rotatable bonds is 3. The quantitative estimate of drug-likeness (QED) is 0.698. The maximum atomic E-state index is 8.86. The molecule has 0 saturated heterocycles. The first-order valence-corrected chi connectivity index (χ1v) is 3.62. The number of hydrogen-bond acceptors (Lipinski definition) is 3. The first-order valence-electron chi connectivity index (χ1n) is 3.62. The van der Waals surface area contributed by atoms with Gasteiger partial charge in [0, 0.05) is 5.56 Å². The van der Waals surface area contributed by atoms with Crippen LogP contribution in [0.3, 0.4) is 0 Å². The maximum Gasteiger partial charge on any atom is 0.168 e. The minimum Gasteiger partial charge on any atom is -0.493 e. The van der Waals surface area contributed by atoms with Crippen molar-refractivity contribution in [3.63, 3.8) is 0 Å². The van der Waals surface area contributed by atoms with Crippen molar-refractivity contribution < 1.29 is 14.3 Å². The predicted molar refractivity (Wildman–Crippen MR) is 45.4 cm³/mol. The van der Waals surface area contributed by atoms with Crippen LogP contribution < -0.4 is 0 Å². The molecule has 0 atom stereocenters. The van der Waals surface area contributed by atoms with Gasteiger partial charge in [-0.1, -0.05) is 6.58 Å². The maximum absolute atomic E-state index is 8.86. The molecule has 1 N–H and O–H groups in total. The van der Waals surface area contributed by atoms with E-state index in [9.17, 15) is 0 Å². The monoisotopic (exact) mass is 168 g/mol. The van der Waals surface area contributed by atoms with Gasteiger partial charge in [-0.05, 0) is 13.0 Å². The summed E-state index contributed by atoms with van der Waals surface area (Å²) in [5.41, 5.74) is 0.767. The Labute approximate surface area is 71.3 Å². The molecular formula is C9H12O3. The Hall–Kier alpha value is -1.22. The van der Waals surface area contributed by atoms with E-state index in [0.717, 1.165) is 5.56 Å². The number of aryl methyl sites for hydroxylation is 1. The van der Waals surface area contributed by atoms with Gasteiger partial charge in [-0.3, -0.25) is 0 Å². The Morgan fingerprint density at radius 2 is 2.42 bits per heavy atom. The Balaban J connectivity index is 2.96. The highest BCUT2D eigenvalue weighted by Gasteiger charge is 2.08. The zero-order valence-electron chi connectivity index (χ0n) is 7.26. The normalized spacial score (nSPS) is 9.92. The average molecular weight is 168 g/mol. The molecule has 0 aliphatic rings. The van der Waals surface area contributed by atoms with E-state index in [4.69, 9.17) is 14.3 Å². The van der Waals surface area contributed by atoms with E-state index in [0.29, 0.717) is 17.3 Å². The highest BCUT2D eigenvalue weighted by molar-refractivity contribution is 5.53. The summed E-state index contributed by atoms with van der Waals surface area (Å²) in [4.78, 5) is 0. The van der Waals surface area contributed by atoms with Crippen molar-refractivity contribution in [2.75, 3.05) is 7.11 Å². The fraction of sp³-hybridized carbons (Fsp3) is 0.333. The molecule has 0 aromatic carbocycles. The van der Waals surface area contributed by atoms with Crippen molar-refractivity contribution >= 4 is 5.76 Å². The second kappa shape index (κ2) is 3.45. The number of methoxy groups -OCH3 is 1. The third kappa shape index (κ3) is 1.51. The van der Waals surface area contributed by atoms with Crippen LogP contribution in [0.2, 0.25) is 0 Å². The Kier molecular flexibility index (Phi) is 2.55. The summed E-state index contributed by atoms with van der Waals surface area (Å²) in [7, 11) is 1.53.